The third-order valence-electron chi connectivity index (χ3n) is 1.89. The van der Waals surface area contributed by atoms with Crippen LogP contribution >= 0.6 is 0 Å². The first-order valence-corrected chi connectivity index (χ1v) is 5.76. The SMILES string of the molecule is CCC(C(=O)O)N(C)S(=O)(=O)NC(=O)OC. The molecule has 1 atom stereocenters. The molecule has 0 aromatic rings. The van der Waals surface area contributed by atoms with E-state index in [4.69, 9.17) is 5.11 Å². The van der Waals surface area contributed by atoms with E-state index in [2.05, 4.69) is 4.74 Å². The van der Waals surface area contributed by atoms with Crippen LogP contribution in [0.25, 0.3) is 0 Å². The van der Waals surface area contributed by atoms with Gasteiger partial charge in [0, 0.05) is 7.05 Å². The van der Waals surface area contributed by atoms with Crippen molar-refractivity contribution in [3.8, 4) is 0 Å². The number of rotatable bonds is 5. The number of carbonyl (C=O) groups is 2. The van der Waals surface area contributed by atoms with Crippen molar-refractivity contribution in [1.82, 2.24) is 9.03 Å². The third kappa shape index (κ3) is 3.66. The van der Waals surface area contributed by atoms with Gasteiger partial charge < -0.3 is 9.84 Å². The van der Waals surface area contributed by atoms with Gasteiger partial charge >= 0.3 is 22.3 Å². The van der Waals surface area contributed by atoms with Crippen LogP contribution in [-0.4, -0.2) is 50.1 Å². The minimum Gasteiger partial charge on any atom is -0.480 e. The summed E-state index contributed by atoms with van der Waals surface area (Å²) in [6.07, 6.45) is -1.10. The van der Waals surface area contributed by atoms with E-state index >= 15 is 0 Å². The quantitative estimate of drug-likeness (QED) is 0.676. The highest BCUT2D eigenvalue weighted by molar-refractivity contribution is 7.87. The van der Waals surface area contributed by atoms with Gasteiger partial charge in [-0.25, -0.2) is 9.52 Å². The van der Waals surface area contributed by atoms with E-state index in [0.29, 0.717) is 4.31 Å². The van der Waals surface area contributed by atoms with Crippen LogP contribution in [0.5, 0.6) is 0 Å². The fourth-order valence-corrected chi connectivity index (χ4v) is 1.99. The molecule has 0 radical (unpaired) electrons. The molecule has 2 N–H and O–H groups in total. The molecule has 0 spiro atoms. The first kappa shape index (κ1) is 14.6. The zero-order valence-corrected chi connectivity index (χ0v) is 9.94. The number of carbonyl (C=O) groups excluding carboxylic acids is 1. The summed E-state index contributed by atoms with van der Waals surface area (Å²) in [5.41, 5.74) is 0. The van der Waals surface area contributed by atoms with Crippen molar-refractivity contribution in [2.75, 3.05) is 14.2 Å². The lowest BCUT2D eigenvalue weighted by Gasteiger charge is -2.22. The van der Waals surface area contributed by atoms with Crippen LogP contribution < -0.4 is 4.72 Å². The summed E-state index contributed by atoms with van der Waals surface area (Å²) in [5.74, 6) is -1.29. The molecule has 0 aliphatic rings. The molecule has 0 bridgehead atoms. The van der Waals surface area contributed by atoms with Crippen molar-refractivity contribution in [1.29, 1.82) is 0 Å². The summed E-state index contributed by atoms with van der Waals surface area (Å²) in [4.78, 5) is 21.4. The minimum atomic E-state index is -4.20. The molecule has 9 heteroatoms. The van der Waals surface area contributed by atoms with Gasteiger partial charge in [-0.15, -0.1) is 0 Å². The van der Waals surface area contributed by atoms with Gasteiger partial charge in [0.05, 0.1) is 7.11 Å². The maximum Gasteiger partial charge on any atom is 0.421 e. The molecule has 8 nitrogen and oxygen atoms in total. The average Bonchev–Trinajstić information content (AvgIpc) is 2.17. The lowest BCUT2D eigenvalue weighted by Crippen LogP contribution is -2.48. The molecule has 0 saturated carbocycles. The van der Waals surface area contributed by atoms with Crippen molar-refractivity contribution in [2.24, 2.45) is 0 Å². The number of hydrogen-bond acceptors (Lipinski definition) is 5. The zero-order valence-electron chi connectivity index (χ0n) is 9.13. The highest BCUT2D eigenvalue weighted by atomic mass is 32.2. The first-order chi connectivity index (χ1) is 7.26. The molecule has 16 heavy (non-hydrogen) atoms. The van der Waals surface area contributed by atoms with Gasteiger partial charge in [0.25, 0.3) is 0 Å². The van der Waals surface area contributed by atoms with Crippen molar-refractivity contribution in [3.63, 3.8) is 0 Å². The summed E-state index contributed by atoms with van der Waals surface area (Å²) < 4.78 is 29.1. The molecule has 0 heterocycles. The molecule has 0 aromatic carbocycles. The Morgan fingerprint density at radius 2 is 2.00 bits per heavy atom. The van der Waals surface area contributed by atoms with Crippen molar-refractivity contribution < 1.29 is 27.9 Å². The van der Waals surface area contributed by atoms with Crippen LogP contribution in [0.3, 0.4) is 0 Å². The summed E-state index contributed by atoms with van der Waals surface area (Å²) >= 11 is 0. The Kier molecular flexibility index (Phi) is 5.18. The van der Waals surface area contributed by atoms with Crippen molar-refractivity contribution >= 4 is 22.3 Å². The van der Waals surface area contributed by atoms with Crippen LogP contribution in [0, 0.1) is 0 Å². The van der Waals surface area contributed by atoms with E-state index < -0.39 is 28.3 Å². The summed E-state index contributed by atoms with van der Waals surface area (Å²) in [5, 5.41) is 8.75. The largest absolute Gasteiger partial charge is 0.480 e. The number of ether oxygens (including phenoxy) is 1. The Labute approximate surface area is 93.4 Å². The van der Waals surface area contributed by atoms with Gasteiger partial charge in [0.2, 0.25) is 0 Å². The van der Waals surface area contributed by atoms with Crippen LogP contribution in [0.2, 0.25) is 0 Å². The van der Waals surface area contributed by atoms with E-state index in [9.17, 15) is 18.0 Å². The van der Waals surface area contributed by atoms with Gasteiger partial charge in [0.15, 0.2) is 0 Å². The Morgan fingerprint density at radius 1 is 1.50 bits per heavy atom. The number of methoxy groups -OCH3 is 1. The van der Waals surface area contributed by atoms with E-state index in [0.717, 1.165) is 14.2 Å². The molecule has 0 aliphatic heterocycles. The number of nitrogens with zero attached hydrogens (tertiary/aromatic N) is 1. The Hall–Kier alpha value is -1.35. The third-order valence-corrected chi connectivity index (χ3v) is 3.32. The maximum absolute atomic E-state index is 11.5. The van der Waals surface area contributed by atoms with Crippen LogP contribution in [-0.2, 0) is 19.7 Å². The molecule has 0 saturated heterocycles. The molecule has 0 rings (SSSR count). The molecule has 0 aromatic heterocycles. The van der Waals surface area contributed by atoms with Crippen LogP contribution in [0.1, 0.15) is 13.3 Å². The number of hydrogen-bond donors (Lipinski definition) is 2. The van der Waals surface area contributed by atoms with Crippen molar-refractivity contribution in [2.45, 2.75) is 19.4 Å². The first-order valence-electron chi connectivity index (χ1n) is 4.32. The number of aliphatic carboxylic acids is 1. The summed E-state index contributed by atoms with van der Waals surface area (Å²) in [6.45, 7) is 1.52. The fourth-order valence-electron chi connectivity index (χ4n) is 0.974. The molecular weight excluding hydrogens is 240 g/mol. The predicted molar refractivity (Wildman–Crippen MR) is 53.9 cm³/mol. The van der Waals surface area contributed by atoms with E-state index in [1.165, 1.54) is 6.92 Å². The Balaban J connectivity index is 4.88. The average molecular weight is 254 g/mol. The predicted octanol–water partition coefficient (Wildman–Crippen LogP) is -0.618. The molecule has 94 valence electrons. The molecule has 0 aliphatic carbocycles. The number of likely N-dealkylation sites (N-methyl/N-ethyl adjacent to an activating group) is 1. The van der Waals surface area contributed by atoms with Gasteiger partial charge in [-0.1, -0.05) is 6.92 Å². The summed E-state index contributed by atoms with van der Waals surface area (Å²) in [6, 6.07) is -1.23. The number of nitrogens with one attached hydrogen (secondary N) is 1. The number of carboxylic acid groups (broad SMARTS) is 1. The highest BCUT2D eigenvalue weighted by Gasteiger charge is 2.31. The monoisotopic (exact) mass is 254 g/mol. The van der Waals surface area contributed by atoms with Crippen molar-refractivity contribution in [3.05, 3.63) is 0 Å². The standard InChI is InChI=1S/C7H14N2O6S/c1-4-5(6(10)11)9(2)16(13,14)8-7(12)15-3/h5H,4H2,1-3H3,(H,8,12)(H,10,11). The lowest BCUT2D eigenvalue weighted by atomic mass is 10.2. The van der Waals surface area contributed by atoms with Crippen LogP contribution in [0.4, 0.5) is 4.79 Å². The smallest absolute Gasteiger partial charge is 0.421 e. The van der Waals surface area contributed by atoms with E-state index in [-0.39, 0.29) is 6.42 Å². The van der Waals surface area contributed by atoms with Gasteiger partial charge in [-0.2, -0.15) is 12.7 Å². The molecule has 1 amide bonds. The van der Waals surface area contributed by atoms with E-state index in [1.54, 1.807) is 4.72 Å². The Morgan fingerprint density at radius 3 is 2.31 bits per heavy atom. The van der Waals surface area contributed by atoms with Gasteiger partial charge in [-0.05, 0) is 6.42 Å². The number of amides is 1. The second-order valence-electron chi connectivity index (χ2n) is 2.88. The topological polar surface area (TPSA) is 113 Å². The highest BCUT2D eigenvalue weighted by Crippen LogP contribution is 2.06. The molecular formula is C7H14N2O6S. The normalized spacial score (nSPS) is 13.2. The van der Waals surface area contributed by atoms with Crippen LogP contribution in [0.15, 0.2) is 0 Å². The van der Waals surface area contributed by atoms with E-state index in [1.807, 2.05) is 0 Å². The maximum atomic E-state index is 11.5. The lowest BCUT2D eigenvalue weighted by molar-refractivity contribution is -0.141. The molecule has 0 fully saturated rings. The second kappa shape index (κ2) is 5.66. The second-order valence-corrected chi connectivity index (χ2v) is 4.61. The molecule has 1 unspecified atom stereocenters. The summed E-state index contributed by atoms with van der Waals surface area (Å²) in [7, 11) is -2.14. The van der Waals surface area contributed by atoms with Gasteiger partial charge in [0.1, 0.15) is 6.04 Å². The minimum absolute atomic E-state index is 0.0773. The number of carboxylic acids is 1. The zero-order chi connectivity index (χ0) is 12.9. The fraction of sp³-hybridized carbons (Fsp3) is 0.714. The Bertz CT molecular complexity index is 365. The van der Waals surface area contributed by atoms with Gasteiger partial charge in [-0.3, -0.25) is 4.79 Å².